The molecule has 0 atom stereocenters. The van der Waals surface area contributed by atoms with Crippen molar-refractivity contribution >= 4 is 22.9 Å². The maximum atomic E-state index is 12.1. The minimum atomic E-state index is -0.115. The van der Waals surface area contributed by atoms with Gasteiger partial charge in [-0.2, -0.15) is 11.3 Å². The molecular weight excluding hydrogens is 270 g/mol. The third kappa shape index (κ3) is 3.20. The number of hydrogen-bond donors (Lipinski definition) is 1. The van der Waals surface area contributed by atoms with Gasteiger partial charge in [0.05, 0.1) is 18.4 Å². The summed E-state index contributed by atoms with van der Waals surface area (Å²) >= 11 is 1.50. The van der Waals surface area contributed by atoms with Gasteiger partial charge in [-0.15, -0.1) is 0 Å². The molecule has 1 heterocycles. The summed E-state index contributed by atoms with van der Waals surface area (Å²) in [5.74, 6) is 0.553. The average Bonchev–Trinajstić information content (AvgIpc) is 2.91. The summed E-state index contributed by atoms with van der Waals surface area (Å²) in [6.45, 7) is 6.41. The van der Waals surface area contributed by atoms with Crippen molar-refractivity contribution in [3.63, 3.8) is 0 Å². The SMILES string of the molecule is COc1ccc(C(C)(C)C)cc1NC(=O)c1ccsc1. The van der Waals surface area contributed by atoms with Crippen molar-refractivity contribution in [1.29, 1.82) is 0 Å². The second kappa shape index (κ2) is 5.67. The zero-order chi connectivity index (χ0) is 14.8. The van der Waals surface area contributed by atoms with E-state index in [0.717, 1.165) is 5.56 Å². The number of amides is 1. The lowest BCUT2D eigenvalue weighted by Crippen LogP contribution is -2.15. The quantitative estimate of drug-likeness (QED) is 0.914. The van der Waals surface area contributed by atoms with Crippen LogP contribution in [0.15, 0.2) is 35.0 Å². The molecule has 0 saturated carbocycles. The maximum absolute atomic E-state index is 12.1. The number of hydrogen-bond acceptors (Lipinski definition) is 3. The van der Waals surface area contributed by atoms with E-state index in [0.29, 0.717) is 17.0 Å². The van der Waals surface area contributed by atoms with Crippen LogP contribution in [0.25, 0.3) is 0 Å². The van der Waals surface area contributed by atoms with Crippen LogP contribution in [0.4, 0.5) is 5.69 Å². The number of benzene rings is 1. The van der Waals surface area contributed by atoms with E-state index in [1.807, 2.05) is 29.0 Å². The number of methoxy groups -OCH3 is 1. The Hall–Kier alpha value is -1.81. The van der Waals surface area contributed by atoms with E-state index in [-0.39, 0.29) is 11.3 Å². The van der Waals surface area contributed by atoms with Crippen LogP contribution in [0.1, 0.15) is 36.7 Å². The van der Waals surface area contributed by atoms with E-state index in [4.69, 9.17) is 4.74 Å². The fourth-order valence-corrected chi connectivity index (χ4v) is 2.50. The van der Waals surface area contributed by atoms with E-state index in [9.17, 15) is 4.79 Å². The van der Waals surface area contributed by atoms with Gasteiger partial charge in [0.15, 0.2) is 0 Å². The molecule has 1 aromatic carbocycles. The van der Waals surface area contributed by atoms with E-state index in [1.54, 1.807) is 13.2 Å². The van der Waals surface area contributed by atoms with Crippen molar-refractivity contribution in [3.8, 4) is 5.75 Å². The number of carbonyl (C=O) groups excluding carboxylic acids is 1. The van der Waals surface area contributed by atoms with Crippen molar-refractivity contribution in [2.24, 2.45) is 0 Å². The molecule has 0 unspecified atom stereocenters. The second-order valence-electron chi connectivity index (χ2n) is 5.63. The van der Waals surface area contributed by atoms with E-state index >= 15 is 0 Å². The minimum Gasteiger partial charge on any atom is -0.495 e. The first-order valence-corrected chi connectivity index (χ1v) is 7.38. The van der Waals surface area contributed by atoms with E-state index in [1.165, 1.54) is 11.3 Å². The van der Waals surface area contributed by atoms with Gasteiger partial charge in [0.25, 0.3) is 5.91 Å². The van der Waals surface area contributed by atoms with Crippen molar-refractivity contribution in [2.45, 2.75) is 26.2 Å². The lowest BCUT2D eigenvalue weighted by Gasteiger charge is -2.21. The molecule has 2 aromatic rings. The zero-order valence-corrected chi connectivity index (χ0v) is 13.0. The summed E-state index contributed by atoms with van der Waals surface area (Å²) in [6, 6.07) is 7.70. The zero-order valence-electron chi connectivity index (χ0n) is 12.2. The highest BCUT2D eigenvalue weighted by molar-refractivity contribution is 7.08. The van der Waals surface area contributed by atoms with Crippen LogP contribution in [0.3, 0.4) is 0 Å². The Morgan fingerprint density at radius 2 is 2.00 bits per heavy atom. The van der Waals surface area contributed by atoms with Gasteiger partial charge in [-0.1, -0.05) is 26.8 Å². The molecule has 106 valence electrons. The Morgan fingerprint density at radius 3 is 2.55 bits per heavy atom. The van der Waals surface area contributed by atoms with Gasteiger partial charge >= 0.3 is 0 Å². The average molecular weight is 289 g/mol. The molecular formula is C16H19NO2S. The molecule has 20 heavy (non-hydrogen) atoms. The first-order chi connectivity index (χ1) is 9.41. The maximum Gasteiger partial charge on any atom is 0.256 e. The molecule has 0 aliphatic carbocycles. The van der Waals surface area contributed by atoms with Crippen LogP contribution in [-0.2, 0) is 5.41 Å². The molecule has 0 bridgehead atoms. The Kier molecular flexibility index (Phi) is 4.14. The molecule has 2 rings (SSSR count). The molecule has 1 amide bonds. The van der Waals surface area contributed by atoms with Gasteiger partial charge < -0.3 is 10.1 Å². The van der Waals surface area contributed by atoms with Crippen LogP contribution < -0.4 is 10.1 Å². The highest BCUT2D eigenvalue weighted by Gasteiger charge is 2.17. The van der Waals surface area contributed by atoms with Crippen molar-refractivity contribution < 1.29 is 9.53 Å². The third-order valence-corrected chi connectivity index (χ3v) is 3.78. The molecule has 0 spiro atoms. The lowest BCUT2D eigenvalue weighted by molar-refractivity contribution is 0.102. The van der Waals surface area contributed by atoms with Crippen LogP contribution in [0.5, 0.6) is 5.75 Å². The van der Waals surface area contributed by atoms with Crippen molar-refractivity contribution in [3.05, 3.63) is 46.2 Å². The molecule has 4 heteroatoms. The predicted molar refractivity (Wildman–Crippen MR) is 84.0 cm³/mol. The Balaban J connectivity index is 2.32. The standard InChI is InChI=1S/C16H19NO2S/c1-16(2,3)12-5-6-14(19-4)13(9-12)17-15(18)11-7-8-20-10-11/h5-10H,1-4H3,(H,17,18). The molecule has 3 nitrogen and oxygen atoms in total. The van der Waals surface area contributed by atoms with Crippen LogP contribution in [-0.4, -0.2) is 13.0 Å². The molecule has 0 aliphatic heterocycles. The highest BCUT2D eigenvalue weighted by Crippen LogP contribution is 2.31. The summed E-state index contributed by atoms with van der Waals surface area (Å²) in [5, 5.41) is 6.63. The lowest BCUT2D eigenvalue weighted by atomic mass is 9.87. The molecule has 0 saturated heterocycles. The first kappa shape index (κ1) is 14.6. The van der Waals surface area contributed by atoms with Crippen molar-refractivity contribution in [1.82, 2.24) is 0 Å². The minimum absolute atomic E-state index is 0.0220. The summed E-state index contributed by atoms with van der Waals surface area (Å²) in [7, 11) is 1.60. The molecule has 0 fully saturated rings. The summed E-state index contributed by atoms with van der Waals surface area (Å²) in [6.07, 6.45) is 0. The number of anilines is 1. The fourth-order valence-electron chi connectivity index (χ4n) is 1.86. The normalized spacial score (nSPS) is 11.2. The van der Waals surface area contributed by atoms with Gasteiger partial charge in [0.2, 0.25) is 0 Å². The topological polar surface area (TPSA) is 38.3 Å². The van der Waals surface area contributed by atoms with Gasteiger partial charge in [-0.05, 0) is 34.6 Å². The van der Waals surface area contributed by atoms with Gasteiger partial charge in [0.1, 0.15) is 5.75 Å². The van der Waals surface area contributed by atoms with E-state index in [2.05, 4.69) is 26.1 Å². The molecule has 1 N–H and O–H groups in total. The fraction of sp³-hybridized carbons (Fsp3) is 0.312. The highest BCUT2D eigenvalue weighted by atomic mass is 32.1. The number of carbonyl (C=O) groups is 1. The monoisotopic (exact) mass is 289 g/mol. The van der Waals surface area contributed by atoms with Gasteiger partial charge in [-0.3, -0.25) is 4.79 Å². The Bertz CT molecular complexity index is 597. The predicted octanol–water partition coefficient (Wildman–Crippen LogP) is 4.31. The Labute approximate surface area is 123 Å². The van der Waals surface area contributed by atoms with Crippen LogP contribution in [0.2, 0.25) is 0 Å². The molecule has 1 aromatic heterocycles. The summed E-state index contributed by atoms with van der Waals surface area (Å²) in [4.78, 5) is 12.1. The number of thiophene rings is 1. The van der Waals surface area contributed by atoms with Crippen molar-refractivity contribution in [2.75, 3.05) is 12.4 Å². The summed E-state index contributed by atoms with van der Waals surface area (Å²) < 4.78 is 5.32. The molecule has 0 aliphatic rings. The first-order valence-electron chi connectivity index (χ1n) is 6.44. The number of rotatable bonds is 3. The third-order valence-electron chi connectivity index (χ3n) is 3.10. The van der Waals surface area contributed by atoms with E-state index < -0.39 is 0 Å². The van der Waals surface area contributed by atoms with Gasteiger partial charge in [-0.25, -0.2) is 0 Å². The molecule has 0 radical (unpaired) electrons. The second-order valence-corrected chi connectivity index (χ2v) is 6.41. The smallest absolute Gasteiger partial charge is 0.256 e. The number of ether oxygens (including phenoxy) is 1. The Morgan fingerprint density at radius 1 is 1.25 bits per heavy atom. The summed E-state index contributed by atoms with van der Waals surface area (Å²) in [5.41, 5.74) is 2.54. The van der Waals surface area contributed by atoms with Crippen LogP contribution >= 0.6 is 11.3 Å². The van der Waals surface area contributed by atoms with Crippen LogP contribution in [0, 0.1) is 0 Å². The number of nitrogens with one attached hydrogen (secondary N) is 1. The largest absolute Gasteiger partial charge is 0.495 e. The van der Waals surface area contributed by atoms with Gasteiger partial charge in [0, 0.05) is 5.38 Å².